The highest BCUT2D eigenvalue weighted by molar-refractivity contribution is 7.89. The number of allylic oxidation sites excluding steroid dienone is 1. The first-order valence-electron chi connectivity index (χ1n) is 5.01. The van der Waals surface area contributed by atoms with Crippen molar-refractivity contribution in [2.24, 2.45) is 10.6 Å². The van der Waals surface area contributed by atoms with E-state index in [1.54, 1.807) is 24.3 Å². The summed E-state index contributed by atoms with van der Waals surface area (Å²) in [5.41, 5.74) is 0.630. The van der Waals surface area contributed by atoms with Crippen molar-refractivity contribution >= 4 is 16.1 Å². The minimum absolute atomic E-state index is 0.00543. The van der Waals surface area contributed by atoms with Crippen LogP contribution in [-0.4, -0.2) is 8.42 Å². The molecule has 1 aromatic carbocycles. The van der Waals surface area contributed by atoms with E-state index in [2.05, 4.69) is 0 Å². The lowest BCUT2D eigenvalue weighted by molar-refractivity contribution is 0.547. The second-order valence-corrected chi connectivity index (χ2v) is 6.31. The summed E-state index contributed by atoms with van der Waals surface area (Å²) in [7, 11) is -3.65. The highest BCUT2D eigenvalue weighted by Crippen LogP contribution is 2.20. The maximum Gasteiger partial charge on any atom is 0.238 e. The van der Waals surface area contributed by atoms with Crippen molar-refractivity contribution in [1.82, 2.24) is 0 Å². The van der Waals surface area contributed by atoms with Gasteiger partial charge in [-0.2, -0.15) is 0 Å². The lowest BCUT2D eigenvalue weighted by atomic mass is 9.95. The van der Waals surface area contributed by atoms with Crippen LogP contribution in [-0.2, 0) is 10.0 Å². The number of rotatable bonds is 2. The fraction of sp³-hybridized carbons (Fsp3) is 0.333. The number of benzene rings is 1. The Morgan fingerprint density at radius 1 is 1.19 bits per heavy atom. The standard InChI is InChI=1S/C12H17NO2S/c1-12(2,3)9-8-10-6-4-5-7-11(10)16(13,14)15/h4-9H,1-3H3,(H2,13,14,15). The first-order chi connectivity index (χ1) is 7.20. The third-order valence-electron chi connectivity index (χ3n) is 1.99. The van der Waals surface area contributed by atoms with Crippen LogP contribution in [0.2, 0.25) is 0 Å². The maximum absolute atomic E-state index is 11.3. The third-order valence-corrected chi connectivity index (χ3v) is 2.97. The number of sulfonamides is 1. The maximum atomic E-state index is 11.3. The summed E-state index contributed by atoms with van der Waals surface area (Å²) in [6.07, 6.45) is 3.75. The molecule has 88 valence electrons. The topological polar surface area (TPSA) is 60.2 Å². The lowest BCUT2D eigenvalue weighted by Gasteiger charge is -2.11. The van der Waals surface area contributed by atoms with E-state index >= 15 is 0 Å². The van der Waals surface area contributed by atoms with Gasteiger partial charge in [0.25, 0.3) is 0 Å². The van der Waals surface area contributed by atoms with Crippen molar-refractivity contribution in [3.8, 4) is 0 Å². The van der Waals surface area contributed by atoms with Crippen molar-refractivity contribution in [2.75, 3.05) is 0 Å². The predicted molar refractivity (Wildman–Crippen MR) is 66.3 cm³/mol. The van der Waals surface area contributed by atoms with Gasteiger partial charge in [-0.25, -0.2) is 13.6 Å². The minimum Gasteiger partial charge on any atom is -0.225 e. The van der Waals surface area contributed by atoms with E-state index in [0.717, 1.165) is 0 Å². The molecule has 0 radical (unpaired) electrons. The van der Waals surface area contributed by atoms with Crippen LogP contribution in [0.3, 0.4) is 0 Å². The summed E-state index contributed by atoms with van der Waals surface area (Å²) in [6, 6.07) is 6.70. The first-order valence-corrected chi connectivity index (χ1v) is 6.56. The van der Waals surface area contributed by atoms with E-state index < -0.39 is 10.0 Å². The van der Waals surface area contributed by atoms with E-state index in [0.29, 0.717) is 5.56 Å². The van der Waals surface area contributed by atoms with Crippen LogP contribution in [0.1, 0.15) is 26.3 Å². The van der Waals surface area contributed by atoms with Crippen molar-refractivity contribution in [1.29, 1.82) is 0 Å². The number of nitrogens with two attached hydrogens (primary N) is 1. The molecule has 0 heterocycles. The summed E-state index contributed by atoms with van der Waals surface area (Å²) < 4.78 is 22.6. The van der Waals surface area contributed by atoms with Gasteiger partial charge in [0.15, 0.2) is 0 Å². The molecule has 0 amide bonds. The molecule has 0 unspecified atom stereocenters. The Balaban J connectivity index is 3.21. The van der Waals surface area contributed by atoms with Gasteiger partial charge in [0.2, 0.25) is 10.0 Å². The zero-order valence-electron chi connectivity index (χ0n) is 9.77. The molecular weight excluding hydrogens is 222 g/mol. The monoisotopic (exact) mass is 239 g/mol. The molecule has 0 atom stereocenters. The second kappa shape index (κ2) is 4.39. The fourth-order valence-electron chi connectivity index (χ4n) is 1.22. The molecule has 1 rings (SSSR count). The van der Waals surface area contributed by atoms with Gasteiger partial charge in [-0.15, -0.1) is 0 Å². The van der Waals surface area contributed by atoms with Gasteiger partial charge in [0.05, 0.1) is 4.90 Å². The van der Waals surface area contributed by atoms with Gasteiger partial charge >= 0.3 is 0 Å². The van der Waals surface area contributed by atoms with Crippen LogP contribution in [0.15, 0.2) is 35.2 Å². The van der Waals surface area contributed by atoms with E-state index in [9.17, 15) is 8.42 Å². The Kier molecular flexibility index (Phi) is 3.55. The van der Waals surface area contributed by atoms with Crippen LogP contribution in [0, 0.1) is 5.41 Å². The molecule has 2 N–H and O–H groups in total. The number of primary sulfonamides is 1. The lowest BCUT2D eigenvalue weighted by Crippen LogP contribution is -2.13. The van der Waals surface area contributed by atoms with Crippen LogP contribution in [0.5, 0.6) is 0 Å². The van der Waals surface area contributed by atoms with Crippen molar-refractivity contribution in [3.05, 3.63) is 35.9 Å². The van der Waals surface area contributed by atoms with Crippen LogP contribution in [0.4, 0.5) is 0 Å². The molecule has 0 saturated carbocycles. The van der Waals surface area contributed by atoms with Gasteiger partial charge in [-0.3, -0.25) is 0 Å². The van der Waals surface area contributed by atoms with Crippen LogP contribution >= 0.6 is 0 Å². The summed E-state index contributed by atoms with van der Waals surface area (Å²) in [4.78, 5) is 0.163. The molecule has 0 spiro atoms. The second-order valence-electron chi connectivity index (χ2n) is 4.78. The molecule has 3 nitrogen and oxygen atoms in total. The van der Waals surface area contributed by atoms with Crippen LogP contribution < -0.4 is 5.14 Å². The van der Waals surface area contributed by atoms with E-state index in [1.807, 2.05) is 26.8 Å². The number of hydrogen-bond acceptors (Lipinski definition) is 2. The predicted octanol–water partition coefficient (Wildman–Crippen LogP) is 2.39. The van der Waals surface area contributed by atoms with E-state index in [-0.39, 0.29) is 10.3 Å². The Hall–Kier alpha value is -1.13. The third kappa shape index (κ3) is 3.79. The first kappa shape index (κ1) is 12.9. The van der Waals surface area contributed by atoms with E-state index in [4.69, 9.17) is 5.14 Å². The van der Waals surface area contributed by atoms with Crippen LogP contribution in [0.25, 0.3) is 6.08 Å². The zero-order valence-corrected chi connectivity index (χ0v) is 10.6. The quantitative estimate of drug-likeness (QED) is 0.861. The molecule has 0 aromatic heterocycles. The molecule has 1 aromatic rings. The van der Waals surface area contributed by atoms with Gasteiger partial charge in [-0.05, 0) is 17.0 Å². The molecule has 0 saturated heterocycles. The molecule has 0 aliphatic heterocycles. The van der Waals surface area contributed by atoms with Gasteiger partial charge in [-0.1, -0.05) is 51.1 Å². The smallest absolute Gasteiger partial charge is 0.225 e. The normalized spacial score (nSPS) is 13.2. The molecule has 4 heteroatoms. The SMILES string of the molecule is CC(C)(C)C=Cc1ccccc1S(N)(=O)=O. The summed E-state index contributed by atoms with van der Waals surface area (Å²) in [5, 5.41) is 5.14. The zero-order chi connectivity index (χ0) is 12.4. The average molecular weight is 239 g/mol. The van der Waals surface area contributed by atoms with Gasteiger partial charge < -0.3 is 0 Å². The Morgan fingerprint density at radius 3 is 2.25 bits per heavy atom. The molecule has 0 bridgehead atoms. The minimum atomic E-state index is -3.65. The average Bonchev–Trinajstić information content (AvgIpc) is 2.12. The number of hydrogen-bond donors (Lipinski definition) is 1. The Labute approximate surface area is 97.0 Å². The molecule has 16 heavy (non-hydrogen) atoms. The van der Waals surface area contributed by atoms with Gasteiger partial charge in [0, 0.05) is 0 Å². The van der Waals surface area contributed by atoms with Crippen molar-refractivity contribution < 1.29 is 8.42 Å². The van der Waals surface area contributed by atoms with E-state index in [1.165, 1.54) is 6.07 Å². The summed E-state index contributed by atoms with van der Waals surface area (Å²) in [6.45, 7) is 6.13. The summed E-state index contributed by atoms with van der Waals surface area (Å²) >= 11 is 0. The fourth-order valence-corrected chi connectivity index (χ4v) is 1.95. The highest BCUT2D eigenvalue weighted by atomic mass is 32.2. The highest BCUT2D eigenvalue weighted by Gasteiger charge is 2.12. The molecular formula is C12H17NO2S. The largest absolute Gasteiger partial charge is 0.238 e. The van der Waals surface area contributed by atoms with Crippen molar-refractivity contribution in [2.45, 2.75) is 25.7 Å². The van der Waals surface area contributed by atoms with Crippen molar-refractivity contribution in [3.63, 3.8) is 0 Å². The molecule has 0 aliphatic rings. The Bertz CT molecular complexity index is 496. The molecule has 0 fully saturated rings. The van der Waals surface area contributed by atoms with Gasteiger partial charge in [0.1, 0.15) is 0 Å². The summed E-state index contributed by atoms with van der Waals surface area (Å²) in [5.74, 6) is 0. The molecule has 0 aliphatic carbocycles. The Morgan fingerprint density at radius 2 is 1.75 bits per heavy atom.